The molecule has 7 heteroatoms. The van der Waals surface area contributed by atoms with Gasteiger partial charge in [-0.2, -0.15) is 0 Å². The molecule has 2 aromatic heterocycles. The van der Waals surface area contributed by atoms with E-state index in [0.29, 0.717) is 23.1 Å². The summed E-state index contributed by atoms with van der Waals surface area (Å²) < 4.78 is 1.83. The van der Waals surface area contributed by atoms with Crippen molar-refractivity contribution in [3.05, 3.63) is 70.1 Å². The Morgan fingerprint density at radius 3 is 2.79 bits per heavy atom. The number of imidazole rings is 1. The van der Waals surface area contributed by atoms with Gasteiger partial charge in [-0.3, -0.25) is 0 Å². The molecule has 5 nitrogen and oxygen atoms in total. The third-order valence-electron chi connectivity index (χ3n) is 3.60. The molecular weight excluding hydrogens is 347 g/mol. The van der Waals surface area contributed by atoms with Gasteiger partial charge in [-0.25, -0.2) is 9.78 Å². The van der Waals surface area contributed by atoms with Gasteiger partial charge in [0, 0.05) is 31.0 Å². The molecule has 0 bridgehead atoms. The molecule has 124 valence electrons. The number of fused-ring (bicyclic) bond motifs is 1. The number of carbonyl (C=O) groups is 1. The van der Waals surface area contributed by atoms with Crippen LogP contribution in [0.1, 0.15) is 11.3 Å². The average molecular weight is 363 g/mol. The van der Waals surface area contributed by atoms with Gasteiger partial charge in [-0.1, -0.05) is 41.4 Å². The molecule has 2 amide bonds. The number of nitrogens with zero attached hydrogens (tertiary/aromatic N) is 3. The van der Waals surface area contributed by atoms with Crippen molar-refractivity contribution < 1.29 is 4.79 Å². The number of aromatic nitrogens is 2. The second-order valence-electron chi connectivity index (χ2n) is 5.45. The van der Waals surface area contributed by atoms with Crippen LogP contribution in [0.15, 0.2) is 48.8 Å². The molecule has 0 aliphatic rings. The zero-order valence-electron chi connectivity index (χ0n) is 13.0. The first-order valence-corrected chi connectivity index (χ1v) is 8.14. The van der Waals surface area contributed by atoms with E-state index in [1.54, 1.807) is 24.2 Å². The first kappa shape index (κ1) is 16.6. The lowest BCUT2D eigenvalue weighted by atomic mass is 10.2. The lowest BCUT2D eigenvalue weighted by Gasteiger charge is -2.18. The van der Waals surface area contributed by atoms with Crippen LogP contribution in [0.3, 0.4) is 0 Å². The van der Waals surface area contributed by atoms with Crippen LogP contribution < -0.4 is 5.32 Å². The van der Waals surface area contributed by atoms with Crippen LogP contribution in [-0.2, 0) is 13.1 Å². The molecule has 1 aromatic carbocycles. The van der Waals surface area contributed by atoms with Crippen molar-refractivity contribution in [1.82, 2.24) is 19.6 Å². The molecule has 1 N–H and O–H groups in total. The van der Waals surface area contributed by atoms with E-state index in [-0.39, 0.29) is 6.03 Å². The zero-order chi connectivity index (χ0) is 17.1. The maximum absolute atomic E-state index is 12.2. The highest BCUT2D eigenvalue weighted by Gasteiger charge is 2.11. The van der Waals surface area contributed by atoms with E-state index < -0.39 is 0 Å². The molecular formula is C17H16Cl2N4O. The van der Waals surface area contributed by atoms with Crippen molar-refractivity contribution in [3.63, 3.8) is 0 Å². The van der Waals surface area contributed by atoms with Gasteiger partial charge in [0.25, 0.3) is 0 Å². The monoisotopic (exact) mass is 362 g/mol. The lowest BCUT2D eigenvalue weighted by molar-refractivity contribution is 0.206. The van der Waals surface area contributed by atoms with Crippen LogP contribution in [0.2, 0.25) is 10.0 Å². The average Bonchev–Trinajstić information content (AvgIpc) is 2.96. The number of benzene rings is 1. The molecule has 0 aliphatic carbocycles. The Bertz CT molecular complexity index is 878. The quantitative estimate of drug-likeness (QED) is 0.762. The Labute approximate surface area is 149 Å². The summed E-state index contributed by atoms with van der Waals surface area (Å²) in [5.74, 6) is 0. The number of carbonyl (C=O) groups excluding carboxylic acids is 1. The molecule has 0 saturated carbocycles. The van der Waals surface area contributed by atoms with E-state index in [4.69, 9.17) is 23.2 Å². The van der Waals surface area contributed by atoms with Gasteiger partial charge >= 0.3 is 6.03 Å². The predicted octanol–water partition coefficient (Wildman–Crippen LogP) is 3.98. The van der Waals surface area contributed by atoms with E-state index in [1.165, 1.54) is 0 Å². The molecule has 0 atom stereocenters. The fourth-order valence-corrected chi connectivity index (χ4v) is 2.72. The van der Waals surface area contributed by atoms with Crippen LogP contribution in [0.5, 0.6) is 0 Å². The van der Waals surface area contributed by atoms with Crippen LogP contribution in [0, 0.1) is 0 Å². The molecule has 24 heavy (non-hydrogen) atoms. The number of hydrogen-bond acceptors (Lipinski definition) is 2. The summed E-state index contributed by atoms with van der Waals surface area (Å²) in [6.45, 7) is 0.775. The number of hydrogen-bond donors (Lipinski definition) is 1. The van der Waals surface area contributed by atoms with E-state index in [2.05, 4.69) is 10.3 Å². The molecule has 0 radical (unpaired) electrons. The third kappa shape index (κ3) is 3.80. The lowest BCUT2D eigenvalue weighted by Crippen LogP contribution is -2.36. The van der Waals surface area contributed by atoms with Gasteiger partial charge in [-0.15, -0.1) is 0 Å². The minimum absolute atomic E-state index is 0.190. The minimum Gasteiger partial charge on any atom is -0.332 e. The Morgan fingerprint density at radius 1 is 1.21 bits per heavy atom. The fraction of sp³-hybridized carbons (Fsp3) is 0.176. The SMILES string of the molecule is CN(Cc1ccccc1Cl)C(=O)NCc1cn2cc(Cl)ccc2n1. The minimum atomic E-state index is -0.190. The first-order chi connectivity index (χ1) is 11.5. The van der Waals surface area contributed by atoms with Crippen LogP contribution in [0.25, 0.3) is 5.65 Å². The van der Waals surface area contributed by atoms with Crippen molar-refractivity contribution in [2.24, 2.45) is 0 Å². The highest BCUT2D eigenvalue weighted by molar-refractivity contribution is 6.31. The van der Waals surface area contributed by atoms with Crippen molar-refractivity contribution in [1.29, 1.82) is 0 Å². The third-order valence-corrected chi connectivity index (χ3v) is 4.19. The maximum Gasteiger partial charge on any atom is 0.317 e. The molecule has 0 unspecified atom stereocenters. The smallest absolute Gasteiger partial charge is 0.317 e. The standard InChI is InChI=1S/C17H16Cl2N4O/c1-22(9-12-4-2-3-5-15(12)19)17(24)20-8-14-11-23-10-13(18)6-7-16(23)21-14/h2-7,10-11H,8-9H2,1H3,(H,20,24). The summed E-state index contributed by atoms with van der Waals surface area (Å²) in [4.78, 5) is 18.2. The van der Waals surface area contributed by atoms with Crippen molar-refractivity contribution in [2.75, 3.05) is 7.05 Å². The number of urea groups is 1. The number of nitrogens with one attached hydrogen (secondary N) is 1. The summed E-state index contributed by atoms with van der Waals surface area (Å²) in [6, 6.07) is 10.9. The molecule has 3 rings (SSSR count). The van der Waals surface area contributed by atoms with Gasteiger partial charge in [0.05, 0.1) is 17.3 Å². The van der Waals surface area contributed by atoms with Crippen LogP contribution in [0.4, 0.5) is 4.79 Å². The number of rotatable bonds is 4. The molecule has 0 spiro atoms. The predicted molar refractivity (Wildman–Crippen MR) is 95.4 cm³/mol. The molecule has 2 heterocycles. The summed E-state index contributed by atoms with van der Waals surface area (Å²) in [5.41, 5.74) is 2.45. The molecule has 0 saturated heterocycles. The van der Waals surface area contributed by atoms with Crippen molar-refractivity contribution in [3.8, 4) is 0 Å². The Hall–Kier alpha value is -2.24. The number of pyridine rings is 1. The fourth-order valence-electron chi connectivity index (χ4n) is 2.36. The first-order valence-electron chi connectivity index (χ1n) is 7.38. The summed E-state index contributed by atoms with van der Waals surface area (Å²) in [6.07, 6.45) is 3.62. The Morgan fingerprint density at radius 2 is 2.00 bits per heavy atom. The highest BCUT2D eigenvalue weighted by atomic mass is 35.5. The zero-order valence-corrected chi connectivity index (χ0v) is 14.6. The topological polar surface area (TPSA) is 49.6 Å². The van der Waals surface area contributed by atoms with Gasteiger partial charge in [0.2, 0.25) is 0 Å². The van der Waals surface area contributed by atoms with Gasteiger partial charge in [0.15, 0.2) is 0 Å². The van der Waals surface area contributed by atoms with Gasteiger partial charge in [-0.05, 0) is 23.8 Å². The second kappa shape index (κ2) is 7.11. The summed E-state index contributed by atoms with van der Waals surface area (Å²) in [5, 5.41) is 4.13. The second-order valence-corrected chi connectivity index (χ2v) is 6.29. The van der Waals surface area contributed by atoms with Crippen LogP contribution in [-0.4, -0.2) is 27.4 Å². The van der Waals surface area contributed by atoms with E-state index >= 15 is 0 Å². The van der Waals surface area contributed by atoms with Crippen molar-refractivity contribution >= 4 is 34.9 Å². The van der Waals surface area contributed by atoms with Crippen LogP contribution >= 0.6 is 23.2 Å². The van der Waals surface area contributed by atoms with E-state index in [9.17, 15) is 4.79 Å². The molecule has 3 aromatic rings. The highest BCUT2D eigenvalue weighted by Crippen LogP contribution is 2.16. The van der Waals surface area contributed by atoms with Crippen molar-refractivity contribution in [2.45, 2.75) is 13.1 Å². The molecule has 0 aliphatic heterocycles. The maximum atomic E-state index is 12.2. The van der Waals surface area contributed by atoms with E-state index in [1.807, 2.05) is 40.9 Å². The summed E-state index contributed by atoms with van der Waals surface area (Å²) in [7, 11) is 1.72. The van der Waals surface area contributed by atoms with E-state index in [0.717, 1.165) is 16.9 Å². The van der Waals surface area contributed by atoms with Gasteiger partial charge < -0.3 is 14.6 Å². The largest absolute Gasteiger partial charge is 0.332 e. The Balaban J connectivity index is 1.60. The summed E-state index contributed by atoms with van der Waals surface area (Å²) >= 11 is 12.1. The van der Waals surface area contributed by atoms with Gasteiger partial charge in [0.1, 0.15) is 5.65 Å². The number of amides is 2. The Kier molecular flexibility index (Phi) is 4.92. The normalized spacial score (nSPS) is 10.8. The molecule has 0 fully saturated rings. The number of halogens is 2.